The molecule has 8 nitrogen and oxygen atoms in total. The highest BCUT2D eigenvalue weighted by Crippen LogP contribution is 2.26. The number of anilines is 1. The molecule has 0 atom stereocenters. The second kappa shape index (κ2) is 8.00. The number of hydrogen-bond donors (Lipinski definition) is 1. The maximum Gasteiger partial charge on any atom is 0.330 e. The summed E-state index contributed by atoms with van der Waals surface area (Å²) in [6.07, 6.45) is 6.41. The monoisotopic (exact) mass is 430 g/mol. The number of fused-ring (bicyclic) bond motifs is 1. The summed E-state index contributed by atoms with van der Waals surface area (Å²) in [5.74, 6) is -0.529. The molecule has 0 radical (unpaired) electrons. The van der Waals surface area contributed by atoms with Crippen LogP contribution >= 0.6 is 15.9 Å². The van der Waals surface area contributed by atoms with Crippen molar-refractivity contribution in [3.05, 3.63) is 74.6 Å². The van der Waals surface area contributed by atoms with Gasteiger partial charge in [-0.25, -0.2) is 9.78 Å². The Morgan fingerprint density at radius 2 is 2.19 bits per heavy atom. The Morgan fingerprint density at radius 3 is 2.93 bits per heavy atom. The molecular weight excluding hydrogens is 416 g/mol. The number of nitro benzene ring substituents is 1. The van der Waals surface area contributed by atoms with Crippen LogP contribution < -0.4 is 5.32 Å². The minimum absolute atomic E-state index is 0.0893. The SMILES string of the molecule is COC(=O)/C=C/c1ccc(NCc2cn3cc(Br)ccc3n2)c([N+](=O)[O-])c1. The molecular formula is C18H15BrN4O4. The molecule has 0 fully saturated rings. The van der Waals surface area contributed by atoms with E-state index in [0.29, 0.717) is 17.8 Å². The van der Waals surface area contributed by atoms with Crippen LogP contribution in [0.1, 0.15) is 11.3 Å². The van der Waals surface area contributed by atoms with Crippen LogP contribution in [0.3, 0.4) is 0 Å². The highest BCUT2D eigenvalue weighted by atomic mass is 79.9. The van der Waals surface area contributed by atoms with Gasteiger partial charge in [-0.15, -0.1) is 0 Å². The number of pyridine rings is 1. The molecule has 9 heteroatoms. The number of ether oxygens (including phenoxy) is 1. The van der Waals surface area contributed by atoms with Gasteiger partial charge in [0, 0.05) is 29.0 Å². The number of methoxy groups -OCH3 is 1. The Balaban J connectivity index is 1.79. The van der Waals surface area contributed by atoms with E-state index >= 15 is 0 Å². The number of rotatable bonds is 6. The van der Waals surface area contributed by atoms with E-state index in [9.17, 15) is 14.9 Å². The molecule has 0 aliphatic carbocycles. The highest BCUT2D eigenvalue weighted by Gasteiger charge is 2.14. The van der Waals surface area contributed by atoms with Crippen LogP contribution in [-0.2, 0) is 16.1 Å². The fraction of sp³-hybridized carbons (Fsp3) is 0.111. The molecule has 1 aromatic carbocycles. The van der Waals surface area contributed by atoms with Crippen molar-refractivity contribution in [2.24, 2.45) is 0 Å². The third-order valence-electron chi connectivity index (χ3n) is 3.76. The first kappa shape index (κ1) is 18.6. The number of imidazole rings is 1. The summed E-state index contributed by atoms with van der Waals surface area (Å²) in [4.78, 5) is 26.5. The second-order valence-electron chi connectivity index (χ2n) is 5.59. The van der Waals surface area contributed by atoms with E-state index in [1.807, 2.05) is 28.9 Å². The van der Waals surface area contributed by atoms with Crippen molar-refractivity contribution in [1.82, 2.24) is 9.38 Å². The minimum atomic E-state index is -0.529. The predicted octanol–water partition coefficient (Wildman–Crippen LogP) is 3.80. The maximum atomic E-state index is 11.4. The number of esters is 1. The van der Waals surface area contributed by atoms with Gasteiger partial charge in [-0.3, -0.25) is 10.1 Å². The molecule has 0 spiro atoms. The number of halogens is 1. The molecule has 2 aromatic heterocycles. The van der Waals surface area contributed by atoms with Crippen molar-refractivity contribution in [2.75, 3.05) is 12.4 Å². The van der Waals surface area contributed by atoms with Crippen molar-refractivity contribution in [3.8, 4) is 0 Å². The van der Waals surface area contributed by atoms with Gasteiger partial charge in [-0.05, 0) is 45.8 Å². The first-order valence-electron chi connectivity index (χ1n) is 7.88. The van der Waals surface area contributed by atoms with Crippen LogP contribution in [0.4, 0.5) is 11.4 Å². The molecule has 0 aliphatic rings. The number of benzene rings is 1. The number of carbonyl (C=O) groups excluding carboxylic acids is 1. The van der Waals surface area contributed by atoms with Crippen LogP contribution in [0.15, 0.2) is 53.3 Å². The number of carbonyl (C=O) groups is 1. The average molecular weight is 431 g/mol. The third-order valence-corrected chi connectivity index (χ3v) is 4.23. The topological polar surface area (TPSA) is 98.8 Å². The zero-order chi connectivity index (χ0) is 19.4. The summed E-state index contributed by atoms with van der Waals surface area (Å²) in [6, 6.07) is 8.43. The molecule has 138 valence electrons. The van der Waals surface area contributed by atoms with Gasteiger partial charge in [0.05, 0.1) is 24.3 Å². The minimum Gasteiger partial charge on any atom is -0.466 e. The van der Waals surface area contributed by atoms with Gasteiger partial charge < -0.3 is 14.5 Å². The molecule has 1 N–H and O–H groups in total. The van der Waals surface area contributed by atoms with Crippen molar-refractivity contribution < 1.29 is 14.5 Å². The van der Waals surface area contributed by atoms with Crippen molar-refractivity contribution in [3.63, 3.8) is 0 Å². The van der Waals surface area contributed by atoms with Gasteiger partial charge in [0.25, 0.3) is 5.69 Å². The predicted molar refractivity (Wildman–Crippen MR) is 104 cm³/mol. The Bertz CT molecular complexity index is 1050. The molecule has 3 rings (SSSR count). The zero-order valence-corrected chi connectivity index (χ0v) is 15.8. The van der Waals surface area contributed by atoms with Crippen LogP contribution in [0.5, 0.6) is 0 Å². The summed E-state index contributed by atoms with van der Waals surface area (Å²) in [7, 11) is 1.26. The average Bonchev–Trinajstić information content (AvgIpc) is 3.06. The molecule has 0 aliphatic heterocycles. The van der Waals surface area contributed by atoms with E-state index in [4.69, 9.17) is 0 Å². The van der Waals surface area contributed by atoms with Crippen molar-refractivity contribution in [2.45, 2.75) is 6.54 Å². The zero-order valence-electron chi connectivity index (χ0n) is 14.3. The fourth-order valence-electron chi connectivity index (χ4n) is 2.47. The lowest BCUT2D eigenvalue weighted by molar-refractivity contribution is -0.384. The lowest BCUT2D eigenvalue weighted by Crippen LogP contribution is -2.03. The first-order chi connectivity index (χ1) is 13.0. The Hall–Kier alpha value is -3.20. The van der Waals surface area contributed by atoms with Crippen LogP contribution in [-0.4, -0.2) is 27.4 Å². The van der Waals surface area contributed by atoms with Gasteiger partial charge in [0.2, 0.25) is 0 Å². The standard InChI is InChI=1S/C18H15BrN4O4/c1-27-18(24)7-3-12-2-5-15(16(8-12)23(25)26)20-9-14-11-22-10-13(19)4-6-17(22)21-14/h2-8,10-11,20H,9H2,1H3/b7-3+. The lowest BCUT2D eigenvalue weighted by Gasteiger charge is -2.06. The molecule has 3 aromatic rings. The van der Waals surface area contributed by atoms with Crippen molar-refractivity contribution in [1.29, 1.82) is 0 Å². The molecule has 27 heavy (non-hydrogen) atoms. The van der Waals surface area contributed by atoms with Gasteiger partial charge in [-0.2, -0.15) is 0 Å². The molecule has 0 bridgehead atoms. The molecule has 0 saturated heterocycles. The van der Waals surface area contributed by atoms with Crippen LogP contribution in [0.25, 0.3) is 11.7 Å². The quantitative estimate of drug-likeness (QED) is 0.276. The smallest absolute Gasteiger partial charge is 0.330 e. The molecule has 2 heterocycles. The van der Waals surface area contributed by atoms with E-state index < -0.39 is 10.9 Å². The van der Waals surface area contributed by atoms with Crippen LogP contribution in [0, 0.1) is 10.1 Å². The number of nitro groups is 1. The van der Waals surface area contributed by atoms with Gasteiger partial charge in [0.15, 0.2) is 0 Å². The van der Waals surface area contributed by atoms with Gasteiger partial charge in [0.1, 0.15) is 11.3 Å². The van der Waals surface area contributed by atoms with Gasteiger partial charge in [-0.1, -0.05) is 6.07 Å². The maximum absolute atomic E-state index is 11.4. The second-order valence-corrected chi connectivity index (χ2v) is 6.50. The lowest BCUT2D eigenvalue weighted by atomic mass is 10.1. The Kier molecular flexibility index (Phi) is 5.51. The third kappa shape index (κ3) is 4.50. The first-order valence-corrected chi connectivity index (χ1v) is 8.67. The molecule has 0 unspecified atom stereocenters. The number of nitrogens with zero attached hydrogens (tertiary/aromatic N) is 3. The highest BCUT2D eigenvalue weighted by molar-refractivity contribution is 9.10. The van der Waals surface area contributed by atoms with E-state index in [1.54, 1.807) is 12.1 Å². The van der Waals surface area contributed by atoms with E-state index in [2.05, 4.69) is 31.0 Å². The normalized spacial score (nSPS) is 11.0. The summed E-state index contributed by atoms with van der Waals surface area (Å²) in [5.41, 5.74) is 2.34. The Labute approximate surface area is 162 Å². The Morgan fingerprint density at radius 1 is 1.37 bits per heavy atom. The molecule has 0 amide bonds. The molecule has 0 saturated carbocycles. The van der Waals surface area contributed by atoms with Gasteiger partial charge >= 0.3 is 5.97 Å². The van der Waals surface area contributed by atoms with Crippen molar-refractivity contribution >= 4 is 45.0 Å². The number of nitrogens with one attached hydrogen (secondary N) is 1. The van der Waals surface area contributed by atoms with E-state index in [0.717, 1.165) is 15.8 Å². The number of aromatic nitrogens is 2. The van der Waals surface area contributed by atoms with E-state index in [-0.39, 0.29) is 5.69 Å². The summed E-state index contributed by atoms with van der Waals surface area (Å²) in [6.45, 7) is 0.331. The van der Waals surface area contributed by atoms with E-state index in [1.165, 1.54) is 25.3 Å². The summed E-state index contributed by atoms with van der Waals surface area (Å²) >= 11 is 3.40. The van der Waals surface area contributed by atoms with Crippen LogP contribution in [0.2, 0.25) is 0 Å². The summed E-state index contributed by atoms with van der Waals surface area (Å²) < 4.78 is 7.31. The summed E-state index contributed by atoms with van der Waals surface area (Å²) in [5, 5.41) is 14.4. The number of hydrogen-bond acceptors (Lipinski definition) is 6. The largest absolute Gasteiger partial charge is 0.466 e. The fourth-order valence-corrected chi connectivity index (χ4v) is 2.83.